The molecule has 4 heteroatoms. The molecule has 1 atom stereocenters. The molecular weight excluding hydrogens is 202 g/mol. The fourth-order valence-electron chi connectivity index (χ4n) is 1.88. The summed E-state index contributed by atoms with van der Waals surface area (Å²) in [5, 5.41) is 3.46. The van der Waals surface area contributed by atoms with E-state index in [1.807, 2.05) is 30.2 Å². The zero-order valence-corrected chi connectivity index (χ0v) is 9.68. The third-order valence-corrected chi connectivity index (χ3v) is 2.68. The SMILES string of the molecule is CCNC(Cc1ccoc1)c1cncn1C. The number of nitrogens with one attached hydrogen (secondary N) is 1. The van der Waals surface area contributed by atoms with E-state index in [4.69, 9.17) is 4.42 Å². The Balaban J connectivity index is 2.14. The molecule has 2 rings (SSSR count). The second-order valence-corrected chi connectivity index (χ2v) is 3.88. The van der Waals surface area contributed by atoms with Gasteiger partial charge in [0, 0.05) is 13.2 Å². The molecule has 0 fully saturated rings. The Morgan fingerprint density at radius 1 is 1.56 bits per heavy atom. The first kappa shape index (κ1) is 11.0. The van der Waals surface area contributed by atoms with Gasteiger partial charge in [0.1, 0.15) is 0 Å². The number of likely N-dealkylation sites (N-methyl/N-ethyl adjacent to an activating group) is 1. The fourth-order valence-corrected chi connectivity index (χ4v) is 1.88. The summed E-state index contributed by atoms with van der Waals surface area (Å²) >= 11 is 0. The highest BCUT2D eigenvalue weighted by Crippen LogP contribution is 2.17. The van der Waals surface area contributed by atoms with Crippen LogP contribution in [-0.4, -0.2) is 16.1 Å². The Morgan fingerprint density at radius 2 is 2.44 bits per heavy atom. The lowest BCUT2D eigenvalue weighted by atomic mass is 10.1. The molecule has 86 valence electrons. The van der Waals surface area contributed by atoms with Crippen molar-refractivity contribution < 1.29 is 4.42 Å². The summed E-state index contributed by atoms with van der Waals surface area (Å²) in [6.45, 7) is 3.05. The lowest BCUT2D eigenvalue weighted by Crippen LogP contribution is -2.24. The maximum Gasteiger partial charge on any atom is 0.0946 e. The third kappa shape index (κ3) is 2.33. The third-order valence-electron chi connectivity index (χ3n) is 2.68. The fraction of sp³-hybridized carbons (Fsp3) is 0.417. The molecule has 4 nitrogen and oxygen atoms in total. The van der Waals surface area contributed by atoms with Crippen LogP contribution in [0.4, 0.5) is 0 Å². The summed E-state index contributed by atoms with van der Waals surface area (Å²) in [7, 11) is 2.02. The summed E-state index contributed by atoms with van der Waals surface area (Å²) in [6, 6.07) is 2.29. The molecule has 0 aromatic carbocycles. The second-order valence-electron chi connectivity index (χ2n) is 3.88. The van der Waals surface area contributed by atoms with Crippen LogP contribution in [0.2, 0.25) is 0 Å². The van der Waals surface area contributed by atoms with Crippen LogP contribution in [0.1, 0.15) is 24.2 Å². The Bertz CT molecular complexity index is 419. The molecule has 0 aliphatic heterocycles. The van der Waals surface area contributed by atoms with E-state index < -0.39 is 0 Å². The molecule has 2 aromatic heterocycles. The van der Waals surface area contributed by atoms with Crippen molar-refractivity contribution in [1.82, 2.24) is 14.9 Å². The van der Waals surface area contributed by atoms with Crippen LogP contribution < -0.4 is 5.32 Å². The first-order valence-electron chi connectivity index (χ1n) is 5.52. The molecule has 0 aliphatic rings. The van der Waals surface area contributed by atoms with E-state index in [0.717, 1.165) is 13.0 Å². The minimum Gasteiger partial charge on any atom is -0.472 e. The summed E-state index contributed by atoms with van der Waals surface area (Å²) in [5.74, 6) is 0. The topological polar surface area (TPSA) is 43.0 Å². The van der Waals surface area contributed by atoms with Crippen LogP contribution in [0.5, 0.6) is 0 Å². The largest absolute Gasteiger partial charge is 0.472 e. The monoisotopic (exact) mass is 219 g/mol. The normalized spacial score (nSPS) is 12.9. The highest BCUT2D eigenvalue weighted by Gasteiger charge is 2.14. The number of aryl methyl sites for hydroxylation is 1. The number of nitrogens with zero attached hydrogens (tertiary/aromatic N) is 2. The van der Waals surface area contributed by atoms with E-state index in [1.54, 1.807) is 12.5 Å². The number of imidazole rings is 1. The maximum atomic E-state index is 5.09. The van der Waals surface area contributed by atoms with E-state index in [1.165, 1.54) is 11.3 Å². The Labute approximate surface area is 95.3 Å². The van der Waals surface area contributed by atoms with Crippen LogP contribution in [0, 0.1) is 0 Å². The Kier molecular flexibility index (Phi) is 3.41. The minimum atomic E-state index is 0.287. The van der Waals surface area contributed by atoms with Gasteiger partial charge in [-0.1, -0.05) is 6.92 Å². The summed E-state index contributed by atoms with van der Waals surface area (Å²) < 4.78 is 7.14. The summed E-state index contributed by atoms with van der Waals surface area (Å²) in [6.07, 6.45) is 8.16. The molecule has 0 aliphatic carbocycles. The molecule has 1 N–H and O–H groups in total. The van der Waals surface area contributed by atoms with Crippen LogP contribution >= 0.6 is 0 Å². The predicted molar refractivity (Wildman–Crippen MR) is 62.0 cm³/mol. The first-order chi connectivity index (χ1) is 7.81. The van der Waals surface area contributed by atoms with Crippen molar-refractivity contribution in [3.63, 3.8) is 0 Å². The average Bonchev–Trinajstić information content (AvgIpc) is 2.88. The second kappa shape index (κ2) is 4.99. The van der Waals surface area contributed by atoms with Gasteiger partial charge >= 0.3 is 0 Å². The maximum absolute atomic E-state index is 5.09. The predicted octanol–water partition coefficient (Wildman–Crippen LogP) is 1.91. The molecule has 1 unspecified atom stereocenters. The molecule has 0 amide bonds. The van der Waals surface area contributed by atoms with Gasteiger partial charge in [-0.25, -0.2) is 4.98 Å². The molecule has 0 bridgehead atoms. The van der Waals surface area contributed by atoms with Gasteiger partial charge < -0.3 is 14.3 Å². The zero-order valence-electron chi connectivity index (χ0n) is 9.68. The molecule has 0 saturated carbocycles. The standard InChI is InChI=1S/C12H17N3O/c1-3-14-11(6-10-4-5-16-8-10)12-7-13-9-15(12)2/h4-5,7-9,11,14H,3,6H2,1-2H3. The van der Waals surface area contributed by atoms with Crippen molar-refractivity contribution in [3.05, 3.63) is 42.4 Å². The van der Waals surface area contributed by atoms with E-state index in [9.17, 15) is 0 Å². The lowest BCUT2D eigenvalue weighted by Gasteiger charge is -2.17. The zero-order chi connectivity index (χ0) is 11.4. The molecule has 0 radical (unpaired) electrons. The molecule has 0 spiro atoms. The van der Waals surface area contributed by atoms with E-state index in [2.05, 4.69) is 17.2 Å². The van der Waals surface area contributed by atoms with Gasteiger partial charge in [-0.15, -0.1) is 0 Å². The van der Waals surface area contributed by atoms with Crippen molar-refractivity contribution in [2.45, 2.75) is 19.4 Å². The Morgan fingerprint density at radius 3 is 3.00 bits per heavy atom. The quantitative estimate of drug-likeness (QED) is 0.835. The molecular formula is C12H17N3O. The smallest absolute Gasteiger partial charge is 0.0946 e. The number of hydrogen-bond donors (Lipinski definition) is 1. The van der Waals surface area contributed by atoms with Crippen molar-refractivity contribution in [2.75, 3.05) is 6.54 Å². The van der Waals surface area contributed by atoms with Gasteiger partial charge in [-0.2, -0.15) is 0 Å². The molecule has 0 saturated heterocycles. The number of rotatable bonds is 5. The Hall–Kier alpha value is -1.55. The van der Waals surface area contributed by atoms with Gasteiger partial charge in [0.2, 0.25) is 0 Å². The van der Waals surface area contributed by atoms with E-state index in [0.29, 0.717) is 0 Å². The number of hydrogen-bond acceptors (Lipinski definition) is 3. The first-order valence-corrected chi connectivity index (χ1v) is 5.52. The van der Waals surface area contributed by atoms with E-state index in [-0.39, 0.29) is 6.04 Å². The molecule has 2 heterocycles. The van der Waals surface area contributed by atoms with Crippen LogP contribution in [0.3, 0.4) is 0 Å². The average molecular weight is 219 g/mol. The van der Waals surface area contributed by atoms with Crippen LogP contribution in [-0.2, 0) is 13.5 Å². The van der Waals surface area contributed by atoms with Crippen LogP contribution in [0.15, 0.2) is 35.5 Å². The summed E-state index contributed by atoms with van der Waals surface area (Å²) in [5.41, 5.74) is 2.40. The van der Waals surface area contributed by atoms with Gasteiger partial charge in [-0.3, -0.25) is 0 Å². The molecule has 16 heavy (non-hydrogen) atoms. The van der Waals surface area contributed by atoms with E-state index >= 15 is 0 Å². The minimum absolute atomic E-state index is 0.287. The van der Waals surface area contributed by atoms with Crippen molar-refractivity contribution >= 4 is 0 Å². The van der Waals surface area contributed by atoms with Crippen molar-refractivity contribution in [1.29, 1.82) is 0 Å². The number of aromatic nitrogens is 2. The van der Waals surface area contributed by atoms with Gasteiger partial charge in [0.15, 0.2) is 0 Å². The lowest BCUT2D eigenvalue weighted by molar-refractivity contribution is 0.513. The molecule has 2 aromatic rings. The van der Waals surface area contributed by atoms with Gasteiger partial charge in [0.25, 0.3) is 0 Å². The number of furan rings is 1. The van der Waals surface area contributed by atoms with Crippen molar-refractivity contribution in [3.8, 4) is 0 Å². The highest BCUT2D eigenvalue weighted by molar-refractivity contribution is 5.13. The van der Waals surface area contributed by atoms with Crippen LogP contribution in [0.25, 0.3) is 0 Å². The highest BCUT2D eigenvalue weighted by atomic mass is 16.3. The van der Waals surface area contributed by atoms with Gasteiger partial charge in [-0.05, 0) is 24.6 Å². The summed E-state index contributed by atoms with van der Waals surface area (Å²) in [4.78, 5) is 4.15. The van der Waals surface area contributed by atoms with Gasteiger partial charge in [0.05, 0.1) is 30.6 Å². The van der Waals surface area contributed by atoms with Crippen molar-refractivity contribution in [2.24, 2.45) is 7.05 Å².